The van der Waals surface area contributed by atoms with E-state index in [1.54, 1.807) is 18.0 Å². The molecule has 0 aliphatic heterocycles. The number of para-hydroxylation sites is 1. The summed E-state index contributed by atoms with van der Waals surface area (Å²) in [4.78, 5) is 19.9. The van der Waals surface area contributed by atoms with Crippen LogP contribution in [0.5, 0.6) is 5.75 Å². The van der Waals surface area contributed by atoms with E-state index >= 15 is 0 Å². The highest BCUT2D eigenvalue weighted by molar-refractivity contribution is 9.10. The molecule has 0 amide bonds. The van der Waals surface area contributed by atoms with Gasteiger partial charge in [0.1, 0.15) is 11.1 Å². The van der Waals surface area contributed by atoms with E-state index in [-0.39, 0.29) is 5.56 Å². The lowest BCUT2D eigenvalue weighted by molar-refractivity contribution is 0.412. The molecule has 2 aromatic heterocycles. The molecule has 1 N–H and O–H groups in total. The van der Waals surface area contributed by atoms with Gasteiger partial charge in [0, 0.05) is 5.75 Å². The quantitative estimate of drug-likeness (QED) is 0.370. The van der Waals surface area contributed by atoms with Gasteiger partial charge in [0.15, 0.2) is 10.8 Å². The molecule has 0 radical (unpaired) electrons. The fourth-order valence-corrected chi connectivity index (χ4v) is 4.06. The van der Waals surface area contributed by atoms with E-state index < -0.39 is 0 Å². The number of hydrogen-bond acceptors (Lipinski definition) is 5. The van der Waals surface area contributed by atoms with Gasteiger partial charge in [-0.05, 0) is 45.8 Å². The number of benzene rings is 2. The number of aromatic amines is 1. The summed E-state index contributed by atoms with van der Waals surface area (Å²) < 4.78 is 7.82. The topological polar surface area (TPSA) is 72.8 Å². The van der Waals surface area contributed by atoms with Gasteiger partial charge in [-0.2, -0.15) is 5.10 Å². The van der Waals surface area contributed by atoms with Gasteiger partial charge in [0.05, 0.1) is 23.5 Å². The van der Waals surface area contributed by atoms with Gasteiger partial charge in [-0.3, -0.25) is 4.79 Å². The van der Waals surface area contributed by atoms with E-state index in [9.17, 15) is 4.79 Å². The third kappa shape index (κ3) is 3.63. The Morgan fingerprint density at radius 2 is 2.04 bits per heavy atom. The highest BCUT2D eigenvalue weighted by Gasteiger charge is 2.12. The van der Waals surface area contributed by atoms with Crippen LogP contribution in [0.1, 0.15) is 5.56 Å². The lowest BCUT2D eigenvalue weighted by atomic mass is 10.2. The Morgan fingerprint density at radius 3 is 2.78 bits per heavy atom. The summed E-state index contributed by atoms with van der Waals surface area (Å²) in [6.45, 7) is 0. The number of nitrogens with one attached hydrogen (secondary N) is 1. The highest BCUT2D eigenvalue weighted by atomic mass is 79.9. The number of H-pyrrole nitrogens is 1. The lowest BCUT2D eigenvalue weighted by Gasteiger charge is -2.07. The fourth-order valence-electron chi connectivity index (χ4n) is 2.68. The molecule has 4 aromatic rings. The number of halogens is 1. The first kappa shape index (κ1) is 17.8. The minimum Gasteiger partial charge on any atom is -0.496 e. The highest BCUT2D eigenvalue weighted by Crippen LogP contribution is 2.28. The molecule has 0 fully saturated rings. The van der Waals surface area contributed by atoms with Gasteiger partial charge in [-0.1, -0.05) is 36.0 Å². The Balaban J connectivity index is 1.65. The zero-order chi connectivity index (χ0) is 18.8. The first-order valence-corrected chi connectivity index (χ1v) is 9.92. The average molecular weight is 443 g/mol. The van der Waals surface area contributed by atoms with E-state index in [1.807, 2.05) is 48.5 Å². The van der Waals surface area contributed by atoms with Crippen molar-refractivity contribution in [1.82, 2.24) is 19.7 Å². The average Bonchev–Trinajstić information content (AvgIpc) is 3.12. The zero-order valence-corrected chi connectivity index (χ0v) is 16.8. The Morgan fingerprint density at radius 1 is 1.22 bits per heavy atom. The predicted octanol–water partition coefficient (Wildman–Crippen LogP) is 4.17. The minimum absolute atomic E-state index is 0.194. The molecule has 2 heterocycles. The van der Waals surface area contributed by atoms with Crippen molar-refractivity contribution in [2.75, 3.05) is 7.11 Å². The van der Waals surface area contributed by atoms with Crippen LogP contribution in [0.25, 0.3) is 16.7 Å². The van der Waals surface area contributed by atoms with Crippen LogP contribution in [0.3, 0.4) is 0 Å². The maximum absolute atomic E-state index is 12.4. The van der Waals surface area contributed by atoms with Crippen LogP contribution in [0, 0.1) is 0 Å². The zero-order valence-electron chi connectivity index (χ0n) is 14.3. The third-order valence-corrected chi connectivity index (χ3v) is 5.57. The Labute approximate surface area is 167 Å². The van der Waals surface area contributed by atoms with Gasteiger partial charge in [0.2, 0.25) is 0 Å². The molecule has 0 spiro atoms. The predicted molar refractivity (Wildman–Crippen MR) is 110 cm³/mol. The van der Waals surface area contributed by atoms with Crippen LogP contribution < -0.4 is 10.3 Å². The molecule has 0 aliphatic carbocycles. The molecule has 6 nitrogen and oxygen atoms in total. The van der Waals surface area contributed by atoms with Crippen molar-refractivity contribution >= 4 is 38.7 Å². The van der Waals surface area contributed by atoms with Crippen molar-refractivity contribution in [3.8, 4) is 11.4 Å². The van der Waals surface area contributed by atoms with Crippen molar-refractivity contribution in [3.05, 3.63) is 75.1 Å². The second-order valence-electron chi connectivity index (χ2n) is 5.76. The van der Waals surface area contributed by atoms with E-state index in [4.69, 9.17) is 4.74 Å². The Hall–Kier alpha value is -2.58. The molecular weight excluding hydrogens is 428 g/mol. The number of rotatable bonds is 5. The molecule has 0 bridgehead atoms. The molecule has 4 rings (SSSR count). The van der Waals surface area contributed by atoms with Gasteiger partial charge in [-0.15, -0.1) is 0 Å². The number of nitrogens with zero attached hydrogens (tertiary/aromatic N) is 3. The van der Waals surface area contributed by atoms with E-state index in [1.165, 1.54) is 11.8 Å². The summed E-state index contributed by atoms with van der Waals surface area (Å²) in [6.07, 6.45) is 1.54. The molecule has 2 aromatic carbocycles. The number of ether oxygens (including phenoxy) is 1. The molecule has 0 unspecified atom stereocenters. The van der Waals surface area contributed by atoms with Crippen LogP contribution in [-0.2, 0) is 5.75 Å². The van der Waals surface area contributed by atoms with Crippen molar-refractivity contribution in [2.45, 2.75) is 10.9 Å². The number of methoxy groups -OCH3 is 1. The summed E-state index contributed by atoms with van der Waals surface area (Å²) >= 11 is 4.95. The third-order valence-electron chi connectivity index (χ3n) is 4.01. The van der Waals surface area contributed by atoms with Crippen LogP contribution in [0.2, 0.25) is 0 Å². The Kier molecular flexibility index (Phi) is 5.00. The summed E-state index contributed by atoms with van der Waals surface area (Å²) in [5.74, 6) is 1.44. The van der Waals surface area contributed by atoms with Crippen molar-refractivity contribution in [1.29, 1.82) is 0 Å². The molecular formula is C19H15BrN4O2S. The van der Waals surface area contributed by atoms with Crippen molar-refractivity contribution in [3.63, 3.8) is 0 Å². The van der Waals surface area contributed by atoms with Crippen molar-refractivity contribution < 1.29 is 4.74 Å². The van der Waals surface area contributed by atoms with E-state index in [0.717, 1.165) is 21.5 Å². The monoisotopic (exact) mass is 442 g/mol. The number of aromatic nitrogens is 4. The molecule has 0 saturated carbocycles. The van der Waals surface area contributed by atoms with Crippen molar-refractivity contribution in [2.24, 2.45) is 0 Å². The minimum atomic E-state index is -0.194. The molecule has 27 heavy (non-hydrogen) atoms. The first-order valence-electron chi connectivity index (χ1n) is 8.14. The fraction of sp³-hybridized carbons (Fsp3) is 0.105. The second-order valence-corrected chi connectivity index (χ2v) is 7.58. The number of thioether (sulfide) groups is 1. The maximum Gasteiger partial charge on any atom is 0.262 e. The maximum atomic E-state index is 12.4. The number of fused-ring (bicyclic) bond motifs is 1. The summed E-state index contributed by atoms with van der Waals surface area (Å²) in [6, 6.07) is 15.5. The van der Waals surface area contributed by atoms with E-state index in [2.05, 4.69) is 31.0 Å². The van der Waals surface area contributed by atoms with E-state index in [0.29, 0.717) is 21.9 Å². The SMILES string of the molecule is COc1ccc(CSc2nc3c(cnn3-c3ccccc3)c(=O)[nH]2)cc1Br. The van der Waals surface area contributed by atoms with Gasteiger partial charge in [-0.25, -0.2) is 9.67 Å². The summed E-state index contributed by atoms with van der Waals surface area (Å²) in [5, 5.41) is 5.34. The Bertz CT molecular complexity index is 1160. The van der Waals surface area contributed by atoms with Crippen LogP contribution in [0.4, 0.5) is 0 Å². The first-order chi connectivity index (χ1) is 13.2. The van der Waals surface area contributed by atoms with Crippen LogP contribution in [0.15, 0.2) is 69.2 Å². The van der Waals surface area contributed by atoms with Gasteiger partial charge in [0.25, 0.3) is 5.56 Å². The van der Waals surface area contributed by atoms with Crippen LogP contribution in [-0.4, -0.2) is 26.9 Å². The molecule has 0 aliphatic rings. The normalized spacial score (nSPS) is 11.0. The molecule has 8 heteroatoms. The second kappa shape index (κ2) is 7.58. The van der Waals surface area contributed by atoms with Gasteiger partial charge < -0.3 is 9.72 Å². The summed E-state index contributed by atoms with van der Waals surface area (Å²) in [7, 11) is 1.63. The lowest BCUT2D eigenvalue weighted by Crippen LogP contribution is -2.09. The standard InChI is InChI=1S/C19H15BrN4O2S/c1-26-16-8-7-12(9-15(16)20)11-27-19-22-17-14(18(25)23-19)10-21-24(17)13-5-3-2-4-6-13/h2-10H,11H2,1H3,(H,22,23,25). The number of hydrogen-bond donors (Lipinski definition) is 1. The molecule has 0 saturated heterocycles. The molecule has 136 valence electrons. The molecule has 0 atom stereocenters. The van der Waals surface area contributed by atoms with Crippen LogP contribution >= 0.6 is 27.7 Å². The summed E-state index contributed by atoms with van der Waals surface area (Å²) in [5.41, 5.74) is 2.30. The largest absolute Gasteiger partial charge is 0.496 e. The van der Waals surface area contributed by atoms with Gasteiger partial charge >= 0.3 is 0 Å². The smallest absolute Gasteiger partial charge is 0.262 e.